The Labute approximate surface area is 224 Å². The summed E-state index contributed by atoms with van der Waals surface area (Å²) in [5.74, 6) is -1.46. The van der Waals surface area contributed by atoms with Gasteiger partial charge in [0.15, 0.2) is 0 Å². The first kappa shape index (κ1) is 29.7. The summed E-state index contributed by atoms with van der Waals surface area (Å²) in [5.41, 5.74) is 2.60. The molecular formula is C28H28FN3O5S. The molecule has 2 aromatic heterocycles. The number of benzene rings is 2. The molecule has 4 aromatic rings. The minimum atomic E-state index is -1.01. The minimum absolute atomic E-state index is 0.143. The van der Waals surface area contributed by atoms with E-state index in [1.807, 2.05) is 54.8 Å². The highest BCUT2D eigenvalue weighted by Crippen LogP contribution is 2.26. The number of allylic oxidation sites excluding steroid dienone is 3. The fraction of sp³-hybridized carbons (Fsp3) is 0.143. The van der Waals surface area contributed by atoms with E-state index in [1.165, 1.54) is 35.9 Å². The van der Waals surface area contributed by atoms with Crippen molar-refractivity contribution in [2.24, 2.45) is 0 Å². The van der Waals surface area contributed by atoms with Gasteiger partial charge in [-0.2, -0.15) is 5.10 Å². The molecule has 0 unspecified atom stereocenters. The van der Waals surface area contributed by atoms with Gasteiger partial charge in [0.1, 0.15) is 23.2 Å². The largest absolute Gasteiger partial charge is 0.489 e. The van der Waals surface area contributed by atoms with E-state index < -0.39 is 11.9 Å². The second-order valence-corrected chi connectivity index (χ2v) is 8.53. The highest BCUT2D eigenvalue weighted by Gasteiger charge is 2.10. The first-order chi connectivity index (χ1) is 18.2. The molecule has 0 aliphatic carbocycles. The third-order valence-corrected chi connectivity index (χ3v) is 5.32. The smallest absolute Gasteiger partial charge is 0.338 e. The summed E-state index contributed by atoms with van der Waals surface area (Å²) in [7, 11) is 0. The lowest BCUT2D eigenvalue weighted by atomic mass is 10.1. The van der Waals surface area contributed by atoms with E-state index in [0.717, 1.165) is 28.8 Å². The monoisotopic (exact) mass is 537 g/mol. The average molecular weight is 538 g/mol. The highest BCUT2D eigenvalue weighted by molar-refractivity contribution is 7.09. The summed E-state index contributed by atoms with van der Waals surface area (Å²) in [6, 6.07) is 13.8. The Morgan fingerprint density at radius 2 is 1.92 bits per heavy atom. The van der Waals surface area contributed by atoms with Gasteiger partial charge in [-0.1, -0.05) is 49.1 Å². The highest BCUT2D eigenvalue weighted by atomic mass is 32.1. The van der Waals surface area contributed by atoms with Crippen molar-refractivity contribution in [1.82, 2.24) is 14.8 Å². The molecule has 2 heterocycles. The number of carbonyl (C=O) groups is 2. The van der Waals surface area contributed by atoms with E-state index in [4.69, 9.17) is 19.7 Å². The summed E-state index contributed by atoms with van der Waals surface area (Å²) in [4.78, 5) is 24.6. The average Bonchev–Trinajstić information content (AvgIpc) is 3.54. The Balaban J connectivity index is 0.000000489. The number of rotatable bonds is 8. The zero-order valence-electron chi connectivity index (χ0n) is 21.0. The van der Waals surface area contributed by atoms with Gasteiger partial charge in [-0.3, -0.25) is 9.48 Å². The summed E-state index contributed by atoms with van der Waals surface area (Å²) >= 11 is 1.47. The molecule has 0 atom stereocenters. The van der Waals surface area contributed by atoms with Gasteiger partial charge in [0.2, 0.25) is 0 Å². The van der Waals surface area contributed by atoms with Gasteiger partial charge in [0, 0.05) is 24.1 Å². The summed E-state index contributed by atoms with van der Waals surface area (Å²) < 4.78 is 20.6. The van der Waals surface area contributed by atoms with E-state index in [9.17, 15) is 9.18 Å². The second kappa shape index (κ2) is 15.5. The van der Waals surface area contributed by atoms with Crippen molar-refractivity contribution in [3.05, 3.63) is 113 Å². The Bertz CT molecular complexity index is 1380. The van der Waals surface area contributed by atoms with E-state index in [-0.39, 0.29) is 18.0 Å². The van der Waals surface area contributed by atoms with Crippen LogP contribution in [-0.4, -0.2) is 36.9 Å². The molecule has 0 saturated carbocycles. The van der Waals surface area contributed by atoms with Crippen molar-refractivity contribution in [3.8, 4) is 17.0 Å². The predicted molar refractivity (Wildman–Crippen MR) is 145 cm³/mol. The Morgan fingerprint density at radius 3 is 2.53 bits per heavy atom. The van der Waals surface area contributed by atoms with Crippen molar-refractivity contribution in [1.29, 1.82) is 0 Å². The third kappa shape index (κ3) is 10.6. The van der Waals surface area contributed by atoms with Crippen LogP contribution in [0.25, 0.3) is 11.3 Å². The molecule has 4 rings (SSSR count). The van der Waals surface area contributed by atoms with Gasteiger partial charge in [-0.25, -0.2) is 14.2 Å². The molecule has 2 aromatic carbocycles. The minimum Gasteiger partial charge on any atom is -0.489 e. The van der Waals surface area contributed by atoms with Crippen LogP contribution in [0.3, 0.4) is 0 Å². The lowest BCUT2D eigenvalue weighted by Gasteiger charge is -2.07. The molecule has 38 heavy (non-hydrogen) atoms. The SMILES string of the molecule is C=C/C=C\C.CC(=O)O.O=C(O)c1cnn(Cc2nc(-c3cccc(OCc4cccc(F)c4)c3)cs2)c1. The lowest BCUT2D eigenvalue weighted by Crippen LogP contribution is -2.00. The molecule has 8 nitrogen and oxygen atoms in total. The Hall–Kier alpha value is -4.57. The van der Waals surface area contributed by atoms with E-state index in [0.29, 0.717) is 12.3 Å². The molecule has 0 spiro atoms. The maximum Gasteiger partial charge on any atom is 0.338 e. The fourth-order valence-electron chi connectivity index (χ4n) is 2.89. The maximum atomic E-state index is 13.3. The van der Waals surface area contributed by atoms with Gasteiger partial charge in [-0.05, 0) is 36.8 Å². The molecule has 198 valence electrons. The summed E-state index contributed by atoms with van der Waals surface area (Å²) in [6.07, 6.45) is 8.37. The first-order valence-electron chi connectivity index (χ1n) is 11.3. The lowest BCUT2D eigenvalue weighted by molar-refractivity contribution is -0.134. The van der Waals surface area contributed by atoms with Crippen molar-refractivity contribution in [2.45, 2.75) is 27.0 Å². The zero-order chi connectivity index (χ0) is 27.9. The van der Waals surface area contributed by atoms with Crippen LogP contribution in [-0.2, 0) is 17.9 Å². The summed E-state index contributed by atoms with van der Waals surface area (Å²) in [5, 5.41) is 23.2. The van der Waals surface area contributed by atoms with Crippen LogP contribution in [0.4, 0.5) is 4.39 Å². The quantitative estimate of drug-likeness (QED) is 0.253. The third-order valence-electron chi connectivity index (χ3n) is 4.48. The van der Waals surface area contributed by atoms with Crippen molar-refractivity contribution >= 4 is 23.3 Å². The fourth-order valence-corrected chi connectivity index (χ4v) is 3.68. The molecule has 0 radical (unpaired) electrons. The molecule has 0 saturated heterocycles. The van der Waals surface area contributed by atoms with Crippen molar-refractivity contribution in [2.75, 3.05) is 0 Å². The van der Waals surface area contributed by atoms with Crippen LogP contribution in [0.15, 0.2) is 91.1 Å². The standard InChI is InChI=1S/C21H16FN3O3S.C5H8.C2H4O2/c22-17-5-1-3-14(7-17)12-28-18-6-2-4-15(8-18)19-13-29-20(24-19)11-25-10-16(9-23-25)21(26)27;1-3-5-4-2;1-2(3)4/h1-10,13H,11-12H2,(H,26,27);3-5H,1H2,2H3;1H3,(H,3,4)/b;5-4-;. The van der Waals surface area contributed by atoms with Crippen LogP contribution >= 0.6 is 11.3 Å². The second-order valence-electron chi connectivity index (χ2n) is 7.59. The van der Waals surface area contributed by atoms with Crippen LogP contribution in [0, 0.1) is 5.82 Å². The zero-order valence-corrected chi connectivity index (χ0v) is 21.8. The number of nitrogens with zero attached hydrogens (tertiary/aromatic N) is 3. The first-order valence-corrected chi connectivity index (χ1v) is 12.2. The van der Waals surface area contributed by atoms with Crippen LogP contribution in [0.2, 0.25) is 0 Å². The number of hydrogen-bond donors (Lipinski definition) is 2. The number of carboxylic acids is 2. The Kier molecular flexibility index (Phi) is 12.1. The van der Waals surface area contributed by atoms with E-state index in [1.54, 1.807) is 16.8 Å². The van der Waals surface area contributed by atoms with Gasteiger partial charge < -0.3 is 14.9 Å². The van der Waals surface area contributed by atoms with E-state index >= 15 is 0 Å². The molecule has 0 amide bonds. The number of aliphatic carboxylic acids is 1. The molecule has 0 aliphatic heterocycles. The van der Waals surface area contributed by atoms with Gasteiger partial charge in [-0.15, -0.1) is 11.3 Å². The maximum absolute atomic E-state index is 13.3. The van der Waals surface area contributed by atoms with Crippen molar-refractivity contribution < 1.29 is 28.9 Å². The molecule has 0 fully saturated rings. The molecule has 0 aliphatic rings. The number of hydrogen-bond acceptors (Lipinski definition) is 6. The Morgan fingerprint density at radius 1 is 1.18 bits per heavy atom. The normalized spacial score (nSPS) is 10.1. The van der Waals surface area contributed by atoms with Gasteiger partial charge in [0.25, 0.3) is 5.97 Å². The number of halogens is 1. The van der Waals surface area contributed by atoms with E-state index in [2.05, 4.69) is 16.7 Å². The van der Waals surface area contributed by atoms with Gasteiger partial charge in [0.05, 0.1) is 24.0 Å². The molecule has 0 bridgehead atoms. The number of carboxylic acid groups (broad SMARTS) is 2. The molecule has 10 heteroatoms. The number of aromatic carboxylic acids is 1. The van der Waals surface area contributed by atoms with Crippen LogP contribution in [0.5, 0.6) is 5.75 Å². The van der Waals surface area contributed by atoms with Crippen molar-refractivity contribution in [3.63, 3.8) is 0 Å². The number of thiazole rings is 1. The topological polar surface area (TPSA) is 115 Å². The van der Waals surface area contributed by atoms with Crippen LogP contribution in [0.1, 0.15) is 34.8 Å². The van der Waals surface area contributed by atoms with Gasteiger partial charge >= 0.3 is 5.97 Å². The summed E-state index contributed by atoms with van der Waals surface area (Å²) in [6.45, 7) is 7.18. The van der Waals surface area contributed by atoms with Crippen LogP contribution < -0.4 is 4.74 Å². The number of aromatic nitrogens is 3. The molecule has 2 N–H and O–H groups in total. The number of ether oxygens (including phenoxy) is 1. The predicted octanol–water partition coefficient (Wildman–Crippen LogP) is 6.31. The molecular weight excluding hydrogens is 509 g/mol.